The van der Waals surface area contributed by atoms with Crippen LogP contribution in [-0.4, -0.2) is 29.9 Å². The maximum absolute atomic E-state index is 14.0. The van der Waals surface area contributed by atoms with Gasteiger partial charge in [-0.25, -0.2) is 0 Å². The fourth-order valence-electron chi connectivity index (χ4n) is 4.61. The number of ether oxygens (including phenoxy) is 1. The second kappa shape index (κ2) is 11.9. The van der Waals surface area contributed by atoms with Crippen molar-refractivity contribution in [2.24, 2.45) is 0 Å². The number of amides is 2. The van der Waals surface area contributed by atoms with Crippen molar-refractivity contribution >= 4 is 34.8 Å². The normalized spacial score (nSPS) is 14.4. The highest BCUT2D eigenvalue weighted by atomic mass is 35.5. The third-order valence-electron chi connectivity index (χ3n) is 6.52. The number of halogens is 1. The first kappa shape index (κ1) is 26.2. The van der Waals surface area contributed by atoms with E-state index in [4.69, 9.17) is 16.3 Å². The highest BCUT2D eigenvalue weighted by molar-refractivity contribution is 6.30. The summed E-state index contributed by atoms with van der Waals surface area (Å²) < 4.78 is 5.28. The fraction of sp³-hybridized carbons (Fsp3) is 0.286. The Bertz CT molecular complexity index is 1260. The lowest BCUT2D eigenvalue weighted by Crippen LogP contribution is -2.47. The van der Waals surface area contributed by atoms with E-state index in [-0.39, 0.29) is 23.2 Å². The molecule has 4 rings (SSSR count). The monoisotopic (exact) mass is 521 g/mol. The van der Waals surface area contributed by atoms with Crippen LogP contribution in [-0.2, 0) is 4.79 Å². The average Bonchev–Trinajstić information content (AvgIpc) is 2.92. The number of non-ortho nitro benzene ring substituents is 1. The zero-order valence-corrected chi connectivity index (χ0v) is 21.2. The minimum absolute atomic E-state index is 0.0157. The van der Waals surface area contributed by atoms with Gasteiger partial charge >= 0.3 is 0 Å². The smallest absolute Gasteiger partial charge is 0.270 e. The summed E-state index contributed by atoms with van der Waals surface area (Å²) in [5.41, 5.74) is 0.881. The van der Waals surface area contributed by atoms with Crippen LogP contribution in [0.2, 0.25) is 5.02 Å². The molecule has 0 radical (unpaired) electrons. The zero-order valence-electron chi connectivity index (χ0n) is 20.4. The van der Waals surface area contributed by atoms with E-state index in [9.17, 15) is 19.7 Å². The Hall–Kier alpha value is -3.91. The average molecular weight is 522 g/mol. The molecule has 0 heterocycles. The Balaban J connectivity index is 1.82. The number of hydrogen-bond acceptors (Lipinski definition) is 5. The number of methoxy groups -OCH3 is 1. The molecule has 3 aromatic carbocycles. The molecule has 8 nitrogen and oxygen atoms in total. The molecule has 1 saturated carbocycles. The molecular formula is C28H28ClN3O5. The van der Waals surface area contributed by atoms with Gasteiger partial charge in [0.15, 0.2) is 0 Å². The summed E-state index contributed by atoms with van der Waals surface area (Å²) in [5, 5.41) is 15.0. The van der Waals surface area contributed by atoms with Gasteiger partial charge in [-0.2, -0.15) is 0 Å². The number of nitro groups is 1. The van der Waals surface area contributed by atoms with E-state index in [1.54, 1.807) is 55.6 Å². The lowest BCUT2D eigenvalue weighted by atomic mass is 9.94. The molecule has 192 valence electrons. The molecule has 0 bridgehead atoms. The maximum Gasteiger partial charge on any atom is 0.270 e. The van der Waals surface area contributed by atoms with Crippen molar-refractivity contribution in [1.29, 1.82) is 0 Å². The number of carbonyl (C=O) groups excluding carboxylic acids is 2. The SMILES string of the molecule is COc1ccc(C(C(=O)NC2CCCCC2)N(C(=O)c2cccc([N+](=O)[O-])c2)c2ccc(Cl)cc2)cc1. The molecule has 2 amide bonds. The quantitative estimate of drug-likeness (QED) is 0.285. The summed E-state index contributed by atoms with van der Waals surface area (Å²) >= 11 is 6.12. The van der Waals surface area contributed by atoms with Crippen LogP contribution in [0.4, 0.5) is 11.4 Å². The molecule has 1 unspecified atom stereocenters. The summed E-state index contributed by atoms with van der Waals surface area (Å²) in [6, 6.07) is 18.0. The number of carbonyl (C=O) groups is 2. The van der Waals surface area contributed by atoms with E-state index in [2.05, 4.69) is 5.32 Å². The van der Waals surface area contributed by atoms with Gasteiger partial charge in [0.1, 0.15) is 11.8 Å². The van der Waals surface area contributed by atoms with Crippen molar-refractivity contribution in [2.45, 2.75) is 44.2 Å². The van der Waals surface area contributed by atoms with Crippen molar-refractivity contribution in [3.8, 4) is 5.75 Å². The molecular weight excluding hydrogens is 494 g/mol. The van der Waals surface area contributed by atoms with Crippen LogP contribution in [0.15, 0.2) is 72.8 Å². The number of nitro benzene ring substituents is 1. The highest BCUT2D eigenvalue weighted by Gasteiger charge is 2.35. The van der Waals surface area contributed by atoms with Crippen LogP contribution in [0.5, 0.6) is 5.75 Å². The first-order chi connectivity index (χ1) is 17.9. The molecule has 0 aliphatic heterocycles. The van der Waals surface area contributed by atoms with Gasteiger partial charge in [0.05, 0.1) is 12.0 Å². The van der Waals surface area contributed by atoms with Gasteiger partial charge in [-0.1, -0.05) is 49.1 Å². The molecule has 3 aromatic rings. The van der Waals surface area contributed by atoms with Crippen molar-refractivity contribution in [3.63, 3.8) is 0 Å². The van der Waals surface area contributed by atoms with E-state index in [0.717, 1.165) is 32.1 Å². The van der Waals surface area contributed by atoms with Gasteiger partial charge < -0.3 is 10.1 Å². The van der Waals surface area contributed by atoms with Gasteiger partial charge in [0, 0.05) is 34.4 Å². The van der Waals surface area contributed by atoms with Crippen LogP contribution in [0.1, 0.15) is 54.1 Å². The predicted molar refractivity (Wildman–Crippen MR) is 142 cm³/mol. The maximum atomic E-state index is 14.0. The van der Waals surface area contributed by atoms with Gasteiger partial charge in [0.2, 0.25) is 5.91 Å². The molecule has 1 N–H and O–H groups in total. The van der Waals surface area contributed by atoms with E-state index in [0.29, 0.717) is 22.0 Å². The van der Waals surface area contributed by atoms with Gasteiger partial charge in [-0.3, -0.25) is 24.6 Å². The first-order valence-corrected chi connectivity index (χ1v) is 12.5. The Morgan fingerprint density at radius 2 is 1.70 bits per heavy atom. The van der Waals surface area contributed by atoms with E-state index >= 15 is 0 Å². The summed E-state index contributed by atoms with van der Waals surface area (Å²) in [6.45, 7) is 0. The number of rotatable bonds is 8. The lowest BCUT2D eigenvalue weighted by molar-refractivity contribution is -0.384. The second-order valence-electron chi connectivity index (χ2n) is 8.98. The van der Waals surface area contributed by atoms with Crippen LogP contribution < -0.4 is 15.0 Å². The number of nitrogens with zero attached hydrogens (tertiary/aromatic N) is 2. The van der Waals surface area contributed by atoms with E-state index < -0.39 is 16.9 Å². The highest BCUT2D eigenvalue weighted by Crippen LogP contribution is 2.33. The largest absolute Gasteiger partial charge is 0.497 e. The number of hydrogen-bond donors (Lipinski definition) is 1. The second-order valence-corrected chi connectivity index (χ2v) is 9.41. The van der Waals surface area contributed by atoms with E-state index in [1.165, 1.54) is 29.2 Å². The lowest BCUT2D eigenvalue weighted by Gasteiger charge is -2.33. The number of benzene rings is 3. The zero-order chi connectivity index (χ0) is 26.4. The Kier molecular flexibility index (Phi) is 8.40. The topological polar surface area (TPSA) is 102 Å². The summed E-state index contributed by atoms with van der Waals surface area (Å²) in [7, 11) is 1.55. The minimum atomic E-state index is -1.04. The Morgan fingerprint density at radius 1 is 1.03 bits per heavy atom. The van der Waals surface area contributed by atoms with Crippen molar-refractivity contribution in [3.05, 3.63) is 99.1 Å². The molecule has 0 spiro atoms. The summed E-state index contributed by atoms with van der Waals surface area (Å²) in [6.07, 6.45) is 4.95. The number of anilines is 1. The third-order valence-corrected chi connectivity index (χ3v) is 6.77. The molecule has 1 fully saturated rings. The van der Waals surface area contributed by atoms with Crippen LogP contribution in [0, 0.1) is 10.1 Å². The summed E-state index contributed by atoms with van der Waals surface area (Å²) in [5.74, 6) is -0.269. The molecule has 37 heavy (non-hydrogen) atoms. The summed E-state index contributed by atoms with van der Waals surface area (Å²) in [4.78, 5) is 40.1. The predicted octanol–water partition coefficient (Wildman–Crippen LogP) is 6.09. The molecule has 0 aromatic heterocycles. The fourth-order valence-corrected chi connectivity index (χ4v) is 4.73. The van der Waals surface area contributed by atoms with E-state index in [1.807, 2.05) is 0 Å². The number of nitrogens with one attached hydrogen (secondary N) is 1. The molecule has 0 saturated heterocycles. The van der Waals surface area contributed by atoms with Crippen molar-refractivity contribution in [2.75, 3.05) is 12.0 Å². The van der Waals surface area contributed by atoms with Crippen molar-refractivity contribution < 1.29 is 19.2 Å². The van der Waals surface area contributed by atoms with Gasteiger partial charge in [-0.05, 0) is 60.9 Å². The first-order valence-electron chi connectivity index (χ1n) is 12.2. The minimum Gasteiger partial charge on any atom is -0.497 e. The van der Waals surface area contributed by atoms with Crippen LogP contribution in [0.25, 0.3) is 0 Å². The molecule has 1 atom stereocenters. The van der Waals surface area contributed by atoms with Gasteiger partial charge in [0.25, 0.3) is 11.6 Å². The third kappa shape index (κ3) is 6.27. The standard InChI is InChI=1S/C28H28ClN3O5/c1-37-25-16-10-19(11-17-25)26(27(33)30-22-7-3-2-4-8-22)31(23-14-12-21(29)13-15-23)28(34)20-6-5-9-24(18-20)32(35)36/h5-6,9-18,22,26H,2-4,7-8H2,1H3,(H,30,33). The molecule has 1 aliphatic rings. The van der Waals surface area contributed by atoms with Crippen molar-refractivity contribution in [1.82, 2.24) is 5.32 Å². The molecule has 9 heteroatoms. The Morgan fingerprint density at radius 3 is 2.32 bits per heavy atom. The molecule has 1 aliphatic carbocycles. The Labute approximate surface area is 220 Å². The van der Waals surface area contributed by atoms with Gasteiger partial charge in [-0.15, -0.1) is 0 Å². The van der Waals surface area contributed by atoms with Crippen LogP contribution in [0.3, 0.4) is 0 Å². The van der Waals surface area contributed by atoms with Crippen LogP contribution >= 0.6 is 11.6 Å².